The number of nitrogens with one attached hydrogen (secondary N) is 2. The summed E-state index contributed by atoms with van der Waals surface area (Å²) in [5.41, 5.74) is 5.47. The molecule has 0 aliphatic carbocycles. The monoisotopic (exact) mass is 337 g/mol. The van der Waals surface area contributed by atoms with Crippen LogP contribution in [0.3, 0.4) is 0 Å². The van der Waals surface area contributed by atoms with Gasteiger partial charge in [0, 0.05) is 23.4 Å². The van der Waals surface area contributed by atoms with Crippen LogP contribution in [0.1, 0.15) is 47.2 Å². The predicted octanol–water partition coefficient (Wildman–Crippen LogP) is 3.40. The van der Waals surface area contributed by atoms with Crippen LogP contribution in [0.4, 0.5) is 0 Å². The molecule has 6 nitrogen and oxygen atoms in total. The van der Waals surface area contributed by atoms with E-state index < -0.39 is 0 Å². The SMILES string of the molecule is CCn1ncc(C(C)NC(=O)c2cc(-c3ccc(C)cc3)n[nH]2)c1C. The Morgan fingerprint density at radius 3 is 2.64 bits per heavy atom. The van der Waals surface area contributed by atoms with Gasteiger partial charge < -0.3 is 5.32 Å². The van der Waals surface area contributed by atoms with Gasteiger partial charge in [-0.1, -0.05) is 29.8 Å². The van der Waals surface area contributed by atoms with Crippen molar-refractivity contribution < 1.29 is 4.79 Å². The van der Waals surface area contributed by atoms with Crippen LogP contribution in [0.2, 0.25) is 0 Å². The maximum Gasteiger partial charge on any atom is 0.269 e. The van der Waals surface area contributed by atoms with E-state index in [1.807, 2.05) is 62.8 Å². The summed E-state index contributed by atoms with van der Waals surface area (Å²) in [5, 5.41) is 14.4. The summed E-state index contributed by atoms with van der Waals surface area (Å²) in [4.78, 5) is 12.5. The van der Waals surface area contributed by atoms with Crippen LogP contribution >= 0.6 is 0 Å². The molecule has 1 atom stereocenters. The van der Waals surface area contributed by atoms with Gasteiger partial charge in [-0.15, -0.1) is 0 Å². The number of rotatable bonds is 5. The second-order valence-electron chi connectivity index (χ2n) is 6.23. The smallest absolute Gasteiger partial charge is 0.269 e. The van der Waals surface area contributed by atoms with E-state index >= 15 is 0 Å². The van der Waals surface area contributed by atoms with E-state index in [1.54, 1.807) is 6.07 Å². The van der Waals surface area contributed by atoms with E-state index in [0.29, 0.717) is 5.69 Å². The minimum absolute atomic E-state index is 0.126. The number of aryl methyl sites for hydroxylation is 2. The first-order chi connectivity index (χ1) is 12.0. The fourth-order valence-corrected chi connectivity index (χ4v) is 2.87. The van der Waals surface area contributed by atoms with Crippen LogP contribution < -0.4 is 5.32 Å². The molecule has 1 aromatic carbocycles. The molecule has 130 valence electrons. The van der Waals surface area contributed by atoms with Gasteiger partial charge in [0.2, 0.25) is 0 Å². The molecule has 0 saturated heterocycles. The molecule has 3 aromatic rings. The summed E-state index contributed by atoms with van der Waals surface area (Å²) in [5.74, 6) is -0.179. The first-order valence-electron chi connectivity index (χ1n) is 8.45. The highest BCUT2D eigenvalue weighted by Gasteiger charge is 2.17. The predicted molar refractivity (Wildman–Crippen MR) is 97.3 cm³/mol. The summed E-state index contributed by atoms with van der Waals surface area (Å²) in [6.45, 7) is 8.87. The molecule has 1 unspecified atom stereocenters. The molecule has 0 aliphatic heterocycles. The summed E-state index contributed by atoms with van der Waals surface area (Å²) in [6.07, 6.45) is 1.81. The third kappa shape index (κ3) is 3.47. The van der Waals surface area contributed by atoms with Gasteiger partial charge in [0.25, 0.3) is 5.91 Å². The molecular weight excluding hydrogens is 314 g/mol. The Bertz CT molecular complexity index is 876. The van der Waals surface area contributed by atoms with E-state index in [9.17, 15) is 4.79 Å². The van der Waals surface area contributed by atoms with Crippen molar-refractivity contribution in [1.29, 1.82) is 0 Å². The topological polar surface area (TPSA) is 75.6 Å². The number of aromatic nitrogens is 4. The normalized spacial score (nSPS) is 12.2. The number of carbonyl (C=O) groups is 1. The van der Waals surface area contributed by atoms with E-state index in [4.69, 9.17) is 0 Å². The lowest BCUT2D eigenvalue weighted by atomic mass is 10.1. The molecular formula is C19H23N5O. The largest absolute Gasteiger partial charge is 0.344 e. The quantitative estimate of drug-likeness (QED) is 0.749. The Balaban J connectivity index is 1.73. The van der Waals surface area contributed by atoms with Crippen LogP contribution in [-0.4, -0.2) is 25.9 Å². The Kier molecular flexibility index (Phi) is 4.70. The summed E-state index contributed by atoms with van der Waals surface area (Å²) in [6, 6.07) is 9.70. The number of nitrogens with zero attached hydrogens (tertiary/aromatic N) is 3. The van der Waals surface area contributed by atoms with E-state index in [1.165, 1.54) is 5.56 Å². The first-order valence-corrected chi connectivity index (χ1v) is 8.45. The summed E-state index contributed by atoms with van der Waals surface area (Å²) in [7, 11) is 0. The first kappa shape index (κ1) is 17.0. The standard InChI is InChI=1S/C19H23N5O/c1-5-24-14(4)16(11-20-24)13(3)21-19(25)18-10-17(22-23-18)15-8-6-12(2)7-9-15/h6-11,13H,5H2,1-4H3,(H,21,25)(H,22,23). The molecule has 2 N–H and O–H groups in total. The zero-order valence-corrected chi connectivity index (χ0v) is 15.0. The molecule has 6 heteroatoms. The Hall–Kier alpha value is -2.89. The average molecular weight is 337 g/mol. The Morgan fingerprint density at radius 1 is 1.28 bits per heavy atom. The highest BCUT2D eigenvalue weighted by Crippen LogP contribution is 2.20. The maximum atomic E-state index is 12.5. The summed E-state index contributed by atoms with van der Waals surface area (Å²) < 4.78 is 1.92. The maximum absolute atomic E-state index is 12.5. The highest BCUT2D eigenvalue weighted by atomic mass is 16.2. The van der Waals surface area contributed by atoms with E-state index in [0.717, 1.165) is 29.1 Å². The van der Waals surface area contributed by atoms with Gasteiger partial charge in [-0.2, -0.15) is 10.2 Å². The van der Waals surface area contributed by atoms with Crippen molar-refractivity contribution in [3.8, 4) is 11.3 Å². The lowest BCUT2D eigenvalue weighted by Crippen LogP contribution is -2.27. The van der Waals surface area contributed by atoms with Crippen LogP contribution in [0.15, 0.2) is 36.5 Å². The second-order valence-corrected chi connectivity index (χ2v) is 6.23. The number of carbonyl (C=O) groups excluding carboxylic acids is 1. The highest BCUT2D eigenvalue weighted by molar-refractivity contribution is 5.93. The number of hydrogen-bond donors (Lipinski definition) is 2. The fraction of sp³-hybridized carbons (Fsp3) is 0.316. The Morgan fingerprint density at radius 2 is 2.00 bits per heavy atom. The fourth-order valence-electron chi connectivity index (χ4n) is 2.87. The van der Waals surface area contributed by atoms with Gasteiger partial charge in [-0.3, -0.25) is 14.6 Å². The van der Waals surface area contributed by atoms with Crippen molar-refractivity contribution in [3.63, 3.8) is 0 Å². The van der Waals surface area contributed by atoms with Gasteiger partial charge in [-0.05, 0) is 33.8 Å². The van der Waals surface area contributed by atoms with Gasteiger partial charge >= 0.3 is 0 Å². The molecule has 0 fully saturated rings. The van der Waals surface area contributed by atoms with Crippen LogP contribution in [0.25, 0.3) is 11.3 Å². The lowest BCUT2D eigenvalue weighted by molar-refractivity contribution is 0.0934. The van der Waals surface area contributed by atoms with Crippen molar-refractivity contribution in [2.75, 3.05) is 0 Å². The van der Waals surface area contributed by atoms with E-state index in [-0.39, 0.29) is 11.9 Å². The Labute approximate surface area is 147 Å². The molecule has 0 aliphatic rings. The van der Waals surface area contributed by atoms with Crippen molar-refractivity contribution >= 4 is 5.91 Å². The average Bonchev–Trinajstić information content (AvgIpc) is 3.22. The van der Waals surface area contributed by atoms with Crippen molar-refractivity contribution in [1.82, 2.24) is 25.3 Å². The lowest BCUT2D eigenvalue weighted by Gasteiger charge is -2.13. The van der Waals surface area contributed by atoms with Crippen LogP contribution in [0, 0.1) is 13.8 Å². The second kappa shape index (κ2) is 6.93. The molecule has 3 rings (SSSR count). The van der Waals surface area contributed by atoms with Crippen LogP contribution in [-0.2, 0) is 6.54 Å². The summed E-state index contributed by atoms with van der Waals surface area (Å²) >= 11 is 0. The van der Waals surface area contributed by atoms with Crippen LogP contribution in [0.5, 0.6) is 0 Å². The van der Waals surface area contributed by atoms with Gasteiger partial charge in [0.1, 0.15) is 5.69 Å². The number of hydrogen-bond acceptors (Lipinski definition) is 3. The van der Waals surface area contributed by atoms with Gasteiger partial charge in [-0.25, -0.2) is 0 Å². The number of aromatic amines is 1. The zero-order valence-electron chi connectivity index (χ0n) is 15.0. The zero-order chi connectivity index (χ0) is 18.0. The minimum atomic E-state index is -0.179. The molecule has 0 radical (unpaired) electrons. The van der Waals surface area contributed by atoms with Crippen molar-refractivity contribution in [3.05, 3.63) is 59.0 Å². The van der Waals surface area contributed by atoms with Gasteiger partial charge in [0.05, 0.1) is 17.9 Å². The molecule has 25 heavy (non-hydrogen) atoms. The van der Waals surface area contributed by atoms with Crippen molar-refractivity contribution in [2.45, 2.75) is 40.3 Å². The van der Waals surface area contributed by atoms with Crippen molar-refractivity contribution in [2.24, 2.45) is 0 Å². The molecule has 0 spiro atoms. The number of amides is 1. The molecule has 2 aromatic heterocycles. The number of H-pyrrole nitrogens is 1. The number of benzene rings is 1. The third-order valence-electron chi connectivity index (χ3n) is 4.42. The molecule has 2 heterocycles. The third-order valence-corrected chi connectivity index (χ3v) is 4.42. The minimum Gasteiger partial charge on any atom is -0.344 e. The molecule has 0 saturated carbocycles. The van der Waals surface area contributed by atoms with E-state index in [2.05, 4.69) is 20.6 Å². The molecule has 1 amide bonds. The molecule has 0 bridgehead atoms. The van der Waals surface area contributed by atoms with Gasteiger partial charge in [0.15, 0.2) is 0 Å².